The van der Waals surface area contributed by atoms with Gasteiger partial charge >= 0.3 is 12.0 Å². The summed E-state index contributed by atoms with van der Waals surface area (Å²) >= 11 is 0. The highest BCUT2D eigenvalue weighted by Crippen LogP contribution is 2.27. The van der Waals surface area contributed by atoms with Gasteiger partial charge in [-0.05, 0) is 23.8 Å². The minimum atomic E-state index is -1.27. The summed E-state index contributed by atoms with van der Waals surface area (Å²) in [6, 6.07) is 9.96. The number of carbonyl (C=O) groups is 3. The fourth-order valence-corrected chi connectivity index (χ4v) is 3.41. The molecule has 1 aliphatic heterocycles. The van der Waals surface area contributed by atoms with Gasteiger partial charge in [0.05, 0.1) is 16.8 Å². The summed E-state index contributed by atoms with van der Waals surface area (Å²) in [5.74, 6) is -2.79. The van der Waals surface area contributed by atoms with E-state index in [1.807, 2.05) is 0 Å². The highest BCUT2D eigenvalue weighted by molar-refractivity contribution is 6.20. The lowest BCUT2D eigenvalue weighted by atomic mass is 10.0. The van der Waals surface area contributed by atoms with Crippen molar-refractivity contribution in [3.8, 4) is 0 Å². The molecule has 1 saturated heterocycles. The monoisotopic (exact) mass is 410 g/mol. The number of nitrogens with zero attached hydrogens (tertiary/aromatic N) is 3. The van der Waals surface area contributed by atoms with E-state index in [0.717, 1.165) is 11.0 Å². The number of hydrogen-bond acceptors (Lipinski definition) is 5. The van der Waals surface area contributed by atoms with Crippen LogP contribution in [0.1, 0.15) is 11.3 Å². The quantitative estimate of drug-likeness (QED) is 0.615. The number of urea groups is 1. The van der Waals surface area contributed by atoms with Crippen LogP contribution in [0.5, 0.6) is 0 Å². The fourth-order valence-electron chi connectivity index (χ4n) is 3.41. The van der Waals surface area contributed by atoms with Gasteiger partial charge in [-0.1, -0.05) is 24.3 Å². The summed E-state index contributed by atoms with van der Waals surface area (Å²) in [4.78, 5) is 49.0. The van der Waals surface area contributed by atoms with Gasteiger partial charge in [0, 0.05) is 11.8 Å². The lowest BCUT2D eigenvalue weighted by Crippen LogP contribution is -2.36. The Morgan fingerprint density at radius 2 is 1.87 bits per heavy atom. The number of anilines is 1. The molecule has 2 N–H and O–H groups in total. The second-order valence-corrected chi connectivity index (χ2v) is 6.77. The molecule has 3 aromatic rings. The van der Waals surface area contributed by atoms with E-state index >= 15 is 0 Å². The van der Waals surface area contributed by atoms with Crippen molar-refractivity contribution >= 4 is 34.4 Å². The van der Waals surface area contributed by atoms with E-state index < -0.39 is 36.8 Å². The number of carboxylic acids is 1. The predicted octanol–water partition coefficient (Wildman–Crippen LogP) is 1.51. The Morgan fingerprint density at radius 3 is 2.60 bits per heavy atom. The number of nitrogens with one attached hydrogen (secondary N) is 1. The van der Waals surface area contributed by atoms with Gasteiger partial charge in [-0.15, -0.1) is 0 Å². The van der Waals surface area contributed by atoms with E-state index in [2.05, 4.69) is 10.2 Å². The molecule has 1 aromatic heterocycles. The number of benzene rings is 2. The molecule has 10 heteroatoms. The highest BCUT2D eigenvalue weighted by Gasteiger charge is 2.39. The maximum Gasteiger partial charge on any atom is 0.332 e. The molecule has 0 bridgehead atoms. The highest BCUT2D eigenvalue weighted by atomic mass is 19.1. The number of fused-ring (bicyclic) bond motifs is 1. The molecule has 0 aliphatic carbocycles. The lowest BCUT2D eigenvalue weighted by molar-refractivity contribution is -0.137. The number of halogens is 1. The van der Waals surface area contributed by atoms with E-state index in [1.54, 1.807) is 24.3 Å². The third-order valence-corrected chi connectivity index (χ3v) is 4.76. The van der Waals surface area contributed by atoms with Crippen LogP contribution in [0.25, 0.3) is 10.8 Å². The van der Waals surface area contributed by atoms with Crippen molar-refractivity contribution in [3.05, 3.63) is 69.9 Å². The molecule has 9 nitrogen and oxygen atoms in total. The van der Waals surface area contributed by atoms with Crippen molar-refractivity contribution in [2.24, 2.45) is 0 Å². The maximum absolute atomic E-state index is 14.5. The molecule has 0 unspecified atom stereocenters. The summed E-state index contributed by atoms with van der Waals surface area (Å²) < 4.78 is 14.5. The molecular weight excluding hydrogens is 395 g/mol. The van der Waals surface area contributed by atoms with Gasteiger partial charge in [-0.2, -0.15) is 5.10 Å². The topological polar surface area (TPSA) is 124 Å². The third-order valence-electron chi connectivity index (χ3n) is 4.76. The molecule has 0 radical (unpaired) electrons. The van der Waals surface area contributed by atoms with E-state index in [-0.39, 0.29) is 17.7 Å². The molecule has 3 amide bonds. The van der Waals surface area contributed by atoms with Gasteiger partial charge in [-0.25, -0.2) is 19.2 Å². The molecule has 0 atom stereocenters. The van der Waals surface area contributed by atoms with Crippen LogP contribution in [0.4, 0.5) is 14.9 Å². The van der Waals surface area contributed by atoms with Gasteiger partial charge in [0.2, 0.25) is 0 Å². The Labute approximate surface area is 168 Å². The zero-order chi connectivity index (χ0) is 21.4. The molecule has 1 aliphatic rings. The summed E-state index contributed by atoms with van der Waals surface area (Å²) in [5.41, 5.74) is 0.493. The molecule has 30 heavy (non-hydrogen) atoms. The lowest BCUT2D eigenvalue weighted by Gasteiger charge is -2.17. The molecular formula is C20H15FN4O5. The molecule has 0 saturated carbocycles. The van der Waals surface area contributed by atoms with Crippen LogP contribution in [-0.2, 0) is 16.0 Å². The smallest absolute Gasteiger partial charge is 0.332 e. The Bertz CT molecular complexity index is 1260. The summed E-state index contributed by atoms with van der Waals surface area (Å²) in [6.45, 7) is -1.10. The Hall–Kier alpha value is -4.08. The molecule has 2 aromatic carbocycles. The molecule has 2 heterocycles. The van der Waals surface area contributed by atoms with Crippen LogP contribution in [0.2, 0.25) is 0 Å². The average Bonchev–Trinajstić information content (AvgIpc) is 2.98. The first kappa shape index (κ1) is 19.2. The molecule has 1 fully saturated rings. The first-order chi connectivity index (χ1) is 14.3. The van der Waals surface area contributed by atoms with E-state index in [4.69, 9.17) is 5.11 Å². The normalized spacial score (nSPS) is 14.0. The van der Waals surface area contributed by atoms with E-state index in [9.17, 15) is 23.6 Å². The number of hydrogen-bond donors (Lipinski definition) is 2. The number of carbonyl (C=O) groups excluding carboxylic acids is 2. The summed E-state index contributed by atoms with van der Waals surface area (Å²) in [6.07, 6.45) is 0.208. The maximum atomic E-state index is 14.5. The van der Waals surface area contributed by atoms with Gasteiger partial charge in [-0.3, -0.25) is 14.4 Å². The molecule has 4 rings (SSSR count). The first-order valence-electron chi connectivity index (χ1n) is 8.93. The minimum absolute atomic E-state index is 0.208. The van der Waals surface area contributed by atoms with Crippen molar-refractivity contribution in [3.63, 3.8) is 0 Å². The van der Waals surface area contributed by atoms with Gasteiger partial charge in [0.1, 0.15) is 18.9 Å². The number of aliphatic carboxylic acids is 1. The van der Waals surface area contributed by atoms with Crippen LogP contribution < -0.4 is 10.5 Å². The van der Waals surface area contributed by atoms with Crippen molar-refractivity contribution in [1.82, 2.24) is 15.1 Å². The van der Waals surface area contributed by atoms with Crippen molar-refractivity contribution in [2.45, 2.75) is 6.42 Å². The number of H-pyrrole nitrogens is 1. The van der Waals surface area contributed by atoms with Crippen LogP contribution in [-0.4, -0.2) is 51.2 Å². The number of aromatic amines is 1. The van der Waals surface area contributed by atoms with Crippen LogP contribution in [0, 0.1) is 5.82 Å². The second kappa shape index (κ2) is 7.39. The van der Waals surface area contributed by atoms with Crippen LogP contribution >= 0.6 is 0 Å². The first-order valence-corrected chi connectivity index (χ1v) is 8.93. The molecule has 152 valence electrons. The summed E-state index contributed by atoms with van der Waals surface area (Å²) in [7, 11) is 0. The minimum Gasteiger partial charge on any atom is -0.480 e. The summed E-state index contributed by atoms with van der Waals surface area (Å²) in [5, 5.41) is 16.5. The van der Waals surface area contributed by atoms with Crippen LogP contribution in [0.3, 0.4) is 0 Å². The number of amides is 3. The fraction of sp³-hybridized carbons (Fsp3) is 0.150. The SMILES string of the molecule is O=C(O)CN1CC(=O)N(c2cc(Cc3n[nH]c(=O)c4ccccc34)ccc2F)C1=O. The molecule has 0 spiro atoms. The Balaban J connectivity index is 1.69. The van der Waals surface area contributed by atoms with E-state index in [1.165, 1.54) is 12.1 Å². The Kier molecular flexibility index (Phi) is 4.74. The number of aromatic nitrogens is 2. The van der Waals surface area contributed by atoms with Gasteiger partial charge in [0.25, 0.3) is 11.5 Å². The zero-order valence-corrected chi connectivity index (χ0v) is 15.5. The van der Waals surface area contributed by atoms with Crippen LogP contribution in [0.15, 0.2) is 47.3 Å². The largest absolute Gasteiger partial charge is 0.480 e. The third kappa shape index (κ3) is 3.39. The van der Waals surface area contributed by atoms with Crippen molar-refractivity contribution in [2.75, 3.05) is 18.0 Å². The van der Waals surface area contributed by atoms with Crippen molar-refractivity contribution < 1.29 is 23.9 Å². The number of carboxylic acid groups (broad SMARTS) is 1. The van der Waals surface area contributed by atoms with Crippen molar-refractivity contribution in [1.29, 1.82) is 0 Å². The van der Waals surface area contributed by atoms with Gasteiger partial charge in [0.15, 0.2) is 0 Å². The number of imide groups is 1. The van der Waals surface area contributed by atoms with Gasteiger partial charge < -0.3 is 10.0 Å². The Morgan fingerprint density at radius 1 is 1.13 bits per heavy atom. The number of rotatable bonds is 5. The predicted molar refractivity (Wildman–Crippen MR) is 104 cm³/mol. The van der Waals surface area contributed by atoms with E-state index in [0.29, 0.717) is 26.9 Å². The average molecular weight is 410 g/mol. The second-order valence-electron chi connectivity index (χ2n) is 6.77. The zero-order valence-electron chi connectivity index (χ0n) is 15.5. The standard InChI is InChI=1S/C20H15FN4O5/c21-14-6-5-11(7-15-12-3-1-2-4-13(12)19(29)23-22-15)8-16(14)25-17(26)9-24(20(25)30)10-18(27)28/h1-6,8H,7,9-10H2,(H,23,29)(H,27,28).